The summed E-state index contributed by atoms with van der Waals surface area (Å²) in [6.07, 6.45) is 3.89. The number of benzene rings is 2. The Morgan fingerprint density at radius 2 is 1.85 bits per heavy atom. The maximum Gasteiger partial charge on any atom is 0.255 e. The molecule has 0 radical (unpaired) electrons. The Labute approximate surface area is 198 Å². The fraction of sp³-hybridized carbons (Fsp3) is 0.222. The molecule has 0 atom stereocenters. The Morgan fingerprint density at radius 3 is 2.59 bits per heavy atom. The highest BCUT2D eigenvalue weighted by molar-refractivity contribution is 6.09. The minimum absolute atomic E-state index is 0.0466. The van der Waals surface area contributed by atoms with E-state index in [4.69, 9.17) is 4.98 Å². The van der Waals surface area contributed by atoms with Crippen molar-refractivity contribution in [2.45, 2.75) is 19.4 Å². The van der Waals surface area contributed by atoms with Crippen molar-refractivity contribution in [3.8, 4) is 17.0 Å². The van der Waals surface area contributed by atoms with E-state index in [-0.39, 0.29) is 17.2 Å². The Bertz CT molecular complexity index is 1360. The van der Waals surface area contributed by atoms with Crippen molar-refractivity contribution in [2.24, 2.45) is 0 Å². The number of hydrogen-bond acceptors (Lipinski definition) is 5. The van der Waals surface area contributed by atoms with Gasteiger partial charge in [0.05, 0.1) is 27.9 Å². The molecule has 7 nitrogen and oxygen atoms in total. The molecule has 2 aromatic carbocycles. The van der Waals surface area contributed by atoms with E-state index in [0.717, 1.165) is 24.2 Å². The van der Waals surface area contributed by atoms with Crippen LogP contribution in [-0.4, -0.2) is 56.3 Å². The summed E-state index contributed by atoms with van der Waals surface area (Å²) in [5, 5.41) is 21.3. The zero-order valence-corrected chi connectivity index (χ0v) is 19.2. The highest BCUT2D eigenvalue weighted by Gasteiger charge is 2.35. The topological polar surface area (TPSA) is 94.1 Å². The van der Waals surface area contributed by atoms with Crippen LogP contribution >= 0.6 is 0 Å². The van der Waals surface area contributed by atoms with Gasteiger partial charge in [0.2, 0.25) is 0 Å². The van der Waals surface area contributed by atoms with E-state index in [0.29, 0.717) is 34.5 Å². The van der Waals surface area contributed by atoms with Crippen molar-refractivity contribution < 1.29 is 9.90 Å². The number of carbonyl (C=O) groups excluding carboxylic acids is 1. The maximum absolute atomic E-state index is 14.0. The number of aromatic hydroxyl groups is 1. The van der Waals surface area contributed by atoms with Crippen LogP contribution in [0.15, 0.2) is 60.7 Å². The molecule has 172 valence electrons. The number of aromatic amines is 1. The number of nitrogens with one attached hydrogen (secondary N) is 2. The Morgan fingerprint density at radius 1 is 1.09 bits per heavy atom. The van der Waals surface area contributed by atoms with Crippen LogP contribution in [0, 0.1) is 0 Å². The number of aromatic nitrogens is 3. The summed E-state index contributed by atoms with van der Waals surface area (Å²) in [7, 11) is 0. The second kappa shape index (κ2) is 8.76. The fourth-order valence-electron chi connectivity index (χ4n) is 4.37. The molecule has 1 aliphatic rings. The molecule has 1 saturated heterocycles. The van der Waals surface area contributed by atoms with Gasteiger partial charge in [0, 0.05) is 25.2 Å². The van der Waals surface area contributed by atoms with Crippen molar-refractivity contribution >= 4 is 29.1 Å². The second-order valence-electron chi connectivity index (χ2n) is 9.12. The van der Waals surface area contributed by atoms with Gasteiger partial charge in [-0.1, -0.05) is 36.4 Å². The highest BCUT2D eigenvalue weighted by Crippen LogP contribution is 2.30. The summed E-state index contributed by atoms with van der Waals surface area (Å²) in [6.45, 7) is 6.24. The number of pyridine rings is 1. The minimum Gasteiger partial charge on any atom is -0.508 e. The predicted molar refractivity (Wildman–Crippen MR) is 134 cm³/mol. The van der Waals surface area contributed by atoms with Gasteiger partial charge in [0.15, 0.2) is 5.65 Å². The number of hydrogen-bond donors (Lipinski definition) is 3. The van der Waals surface area contributed by atoms with Gasteiger partial charge in [-0.2, -0.15) is 5.10 Å². The lowest BCUT2D eigenvalue weighted by molar-refractivity contribution is 0.0479. The van der Waals surface area contributed by atoms with Crippen LogP contribution < -0.4 is 5.32 Å². The number of carbonyl (C=O) groups is 1. The van der Waals surface area contributed by atoms with Crippen LogP contribution in [-0.2, 0) is 0 Å². The van der Waals surface area contributed by atoms with Gasteiger partial charge in [0.25, 0.3) is 5.91 Å². The monoisotopic (exact) mass is 453 g/mol. The third-order valence-electron chi connectivity index (χ3n) is 6.23. The molecule has 3 N–H and O–H groups in total. The Hall–Kier alpha value is -3.97. The van der Waals surface area contributed by atoms with Crippen LogP contribution in [0.5, 0.6) is 5.75 Å². The lowest BCUT2D eigenvalue weighted by atomic mass is 9.97. The maximum atomic E-state index is 14.0. The molecule has 4 aromatic rings. The number of phenolic OH excluding ortho intramolecular Hbond substituents is 1. The van der Waals surface area contributed by atoms with Crippen LogP contribution in [0.1, 0.15) is 35.5 Å². The van der Waals surface area contributed by atoms with Gasteiger partial charge in [-0.05, 0) is 55.8 Å². The van der Waals surface area contributed by atoms with Gasteiger partial charge in [-0.3, -0.25) is 9.89 Å². The van der Waals surface area contributed by atoms with Crippen molar-refractivity contribution in [1.82, 2.24) is 25.4 Å². The third-order valence-corrected chi connectivity index (χ3v) is 6.23. The second-order valence-corrected chi connectivity index (χ2v) is 9.12. The number of rotatable bonds is 4. The molecule has 1 amide bonds. The molecule has 0 unspecified atom stereocenters. The average molecular weight is 454 g/mol. The summed E-state index contributed by atoms with van der Waals surface area (Å²) in [4.78, 5) is 20.6. The van der Waals surface area contributed by atoms with Crippen LogP contribution in [0.4, 0.5) is 0 Å². The summed E-state index contributed by atoms with van der Waals surface area (Å²) in [5.41, 5.74) is 3.95. The molecule has 0 spiro atoms. The standard InChI is InChI=1S/C27H27N5O2/c1-27(2)17-28-14-15-32(27)26(34)21-16-23(19-9-11-20(33)12-10-19)29-25-24(21)22(30-31-25)13-8-18-6-4-3-5-7-18/h3-13,16,28,33H,14-15,17H2,1-2H3,(H,29,30,31). The molecule has 7 heteroatoms. The molecule has 5 rings (SSSR count). The van der Waals surface area contributed by atoms with E-state index in [1.807, 2.05) is 53.5 Å². The number of fused-ring (bicyclic) bond motifs is 1. The first kappa shape index (κ1) is 21.9. The minimum atomic E-state index is -0.326. The van der Waals surface area contributed by atoms with Crippen molar-refractivity contribution in [2.75, 3.05) is 19.6 Å². The number of piperazine rings is 1. The number of nitrogens with zero attached hydrogens (tertiary/aromatic N) is 3. The van der Waals surface area contributed by atoms with Crippen LogP contribution in [0.2, 0.25) is 0 Å². The first-order chi connectivity index (χ1) is 16.4. The first-order valence-corrected chi connectivity index (χ1v) is 11.4. The molecule has 1 aliphatic heterocycles. The van der Waals surface area contributed by atoms with E-state index in [1.54, 1.807) is 24.3 Å². The zero-order valence-electron chi connectivity index (χ0n) is 19.2. The summed E-state index contributed by atoms with van der Waals surface area (Å²) in [6, 6.07) is 18.6. The van der Waals surface area contributed by atoms with Crippen molar-refractivity contribution in [1.29, 1.82) is 0 Å². The van der Waals surface area contributed by atoms with Gasteiger partial charge >= 0.3 is 0 Å². The van der Waals surface area contributed by atoms with Gasteiger partial charge < -0.3 is 15.3 Å². The Kier molecular flexibility index (Phi) is 5.63. The van der Waals surface area contributed by atoms with E-state index in [2.05, 4.69) is 29.4 Å². The largest absolute Gasteiger partial charge is 0.508 e. The summed E-state index contributed by atoms with van der Waals surface area (Å²) >= 11 is 0. The molecule has 3 heterocycles. The van der Waals surface area contributed by atoms with Crippen LogP contribution in [0.3, 0.4) is 0 Å². The number of phenols is 1. The molecular formula is C27H27N5O2. The quantitative estimate of drug-likeness (QED) is 0.428. The van der Waals surface area contributed by atoms with E-state index >= 15 is 0 Å². The van der Waals surface area contributed by atoms with Gasteiger partial charge in [0.1, 0.15) is 5.75 Å². The fourth-order valence-corrected chi connectivity index (χ4v) is 4.37. The first-order valence-electron chi connectivity index (χ1n) is 11.4. The molecule has 0 saturated carbocycles. The van der Waals surface area contributed by atoms with Crippen LogP contribution in [0.25, 0.3) is 34.4 Å². The van der Waals surface area contributed by atoms with E-state index < -0.39 is 0 Å². The summed E-state index contributed by atoms with van der Waals surface area (Å²) < 4.78 is 0. The molecule has 34 heavy (non-hydrogen) atoms. The average Bonchev–Trinajstić information content (AvgIpc) is 3.25. The molecular weight excluding hydrogens is 426 g/mol. The lowest BCUT2D eigenvalue weighted by Gasteiger charge is -2.43. The van der Waals surface area contributed by atoms with Gasteiger partial charge in [-0.25, -0.2) is 4.98 Å². The summed E-state index contributed by atoms with van der Waals surface area (Å²) in [5.74, 6) is 0.133. The molecule has 1 fully saturated rings. The van der Waals surface area contributed by atoms with Crippen molar-refractivity contribution in [3.05, 3.63) is 77.5 Å². The van der Waals surface area contributed by atoms with E-state index in [9.17, 15) is 9.90 Å². The normalized spacial score (nSPS) is 15.8. The van der Waals surface area contributed by atoms with E-state index in [1.165, 1.54) is 0 Å². The SMILES string of the molecule is CC1(C)CNCCN1C(=O)c1cc(-c2ccc(O)cc2)nc2[nH]nc(C=Cc3ccccc3)c12. The zero-order chi connectivity index (χ0) is 23.7. The van der Waals surface area contributed by atoms with Gasteiger partial charge in [-0.15, -0.1) is 0 Å². The molecule has 2 aromatic heterocycles. The predicted octanol–water partition coefficient (Wildman–Crippen LogP) is 4.32. The number of amides is 1. The molecule has 0 aliphatic carbocycles. The lowest BCUT2D eigenvalue weighted by Crippen LogP contribution is -2.59. The smallest absolute Gasteiger partial charge is 0.255 e. The Balaban J connectivity index is 1.65. The van der Waals surface area contributed by atoms with Crippen molar-refractivity contribution in [3.63, 3.8) is 0 Å². The highest BCUT2D eigenvalue weighted by atomic mass is 16.3. The number of H-pyrrole nitrogens is 1. The molecule has 0 bridgehead atoms. The third kappa shape index (κ3) is 4.18.